The SMILES string of the molecule is O=c1c2ccccc2nc(C2CC(c3ccc(-c4ccccc4)cc3)=NN2)n1-c1cccc(Cl)c1. The van der Waals surface area contributed by atoms with E-state index in [1.165, 1.54) is 5.56 Å². The van der Waals surface area contributed by atoms with Crippen molar-refractivity contribution in [1.82, 2.24) is 15.0 Å². The van der Waals surface area contributed by atoms with Crippen LogP contribution in [0.3, 0.4) is 0 Å². The van der Waals surface area contributed by atoms with E-state index in [0.29, 0.717) is 33.9 Å². The van der Waals surface area contributed by atoms with Crippen LogP contribution in [0, 0.1) is 0 Å². The highest BCUT2D eigenvalue weighted by Crippen LogP contribution is 2.28. The van der Waals surface area contributed by atoms with E-state index in [1.807, 2.05) is 48.5 Å². The van der Waals surface area contributed by atoms with Crippen molar-refractivity contribution < 1.29 is 0 Å². The molecule has 0 saturated carbocycles. The van der Waals surface area contributed by atoms with Crippen molar-refractivity contribution in [3.05, 3.63) is 130 Å². The van der Waals surface area contributed by atoms with Gasteiger partial charge in [-0.3, -0.25) is 14.8 Å². The van der Waals surface area contributed by atoms with Crippen LogP contribution in [-0.2, 0) is 0 Å². The van der Waals surface area contributed by atoms with Crippen LogP contribution in [0.25, 0.3) is 27.7 Å². The summed E-state index contributed by atoms with van der Waals surface area (Å²) in [6, 6.07) is 33.1. The number of nitrogens with one attached hydrogen (secondary N) is 1. The molecule has 4 aromatic carbocycles. The third-order valence-electron chi connectivity index (χ3n) is 6.26. The van der Waals surface area contributed by atoms with Gasteiger partial charge in [0.2, 0.25) is 0 Å². The van der Waals surface area contributed by atoms with Crippen LogP contribution in [0.5, 0.6) is 0 Å². The predicted octanol–water partition coefficient (Wildman–Crippen LogP) is 6.14. The highest BCUT2D eigenvalue weighted by Gasteiger charge is 2.27. The topological polar surface area (TPSA) is 59.3 Å². The molecule has 1 aliphatic rings. The predicted molar refractivity (Wildman–Crippen MR) is 141 cm³/mol. The highest BCUT2D eigenvalue weighted by atomic mass is 35.5. The average molecular weight is 477 g/mol. The van der Waals surface area contributed by atoms with Crippen LogP contribution >= 0.6 is 11.6 Å². The number of hydrogen-bond donors (Lipinski definition) is 1. The lowest BCUT2D eigenvalue weighted by atomic mass is 9.99. The van der Waals surface area contributed by atoms with Crippen molar-refractivity contribution >= 4 is 28.2 Å². The molecule has 0 saturated heterocycles. The van der Waals surface area contributed by atoms with Gasteiger partial charge >= 0.3 is 0 Å². The number of fused-ring (bicyclic) bond motifs is 1. The Hall–Kier alpha value is -4.22. The first-order valence-corrected chi connectivity index (χ1v) is 11.8. The second kappa shape index (κ2) is 8.85. The molecule has 2 heterocycles. The number of nitrogens with zero attached hydrogens (tertiary/aromatic N) is 3. The zero-order valence-electron chi connectivity index (χ0n) is 18.7. The first-order chi connectivity index (χ1) is 17.2. The van der Waals surface area contributed by atoms with Gasteiger partial charge in [0, 0.05) is 11.4 Å². The van der Waals surface area contributed by atoms with Gasteiger partial charge in [0.25, 0.3) is 5.56 Å². The molecule has 6 rings (SSSR count). The first-order valence-electron chi connectivity index (χ1n) is 11.4. The number of para-hydroxylation sites is 1. The molecule has 170 valence electrons. The molecule has 1 atom stereocenters. The Morgan fingerprint density at radius 1 is 0.800 bits per heavy atom. The fourth-order valence-electron chi connectivity index (χ4n) is 4.51. The molecule has 0 radical (unpaired) electrons. The molecule has 0 bridgehead atoms. The minimum atomic E-state index is -0.255. The fraction of sp³-hybridized carbons (Fsp3) is 0.0690. The zero-order chi connectivity index (χ0) is 23.8. The summed E-state index contributed by atoms with van der Waals surface area (Å²) in [5.41, 5.74) is 8.72. The number of aromatic nitrogens is 2. The van der Waals surface area contributed by atoms with Crippen LogP contribution in [0.1, 0.15) is 23.9 Å². The largest absolute Gasteiger partial charge is 0.299 e. The molecule has 0 fully saturated rings. The van der Waals surface area contributed by atoms with E-state index >= 15 is 0 Å². The number of hydrazone groups is 1. The summed E-state index contributed by atoms with van der Waals surface area (Å²) in [5, 5.41) is 5.73. The maximum absolute atomic E-state index is 13.6. The van der Waals surface area contributed by atoms with Gasteiger partial charge in [0.1, 0.15) is 11.9 Å². The van der Waals surface area contributed by atoms with Gasteiger partial charge in [-0.1, -0.05) is 84.4 Å². The number of benzene rings is 4. The van der Waals surface area contributed by atoms with Crippen LogP contribution in [0.15, 0.2) is 113 Å². The summed E-state index contributed by atoms with van der Waals surface area (Å²) in [6.45, 7) is 0. The molecule has 35 heavy (non-hydrogen) atoms. The van der Waals surface area contributed by atoms with E-state index in [9.17, 15) is 4.79 Å². The van der Waals surface area contributed by atoms with E-state index < -0.39 is 0 Å². The molecule has 1 aromatic heterocycles. The Labute approximate surface area is 207 Å². The van der Waals surface area contributed by atoms with E-state index in [2.05, 4.69) is 46.9 Å². The molecule has 0 aliphatic carbocycles. The monoisotopic (exact) mass is 476 g/mol. The third-order valence-corrected chi connectivity index (χ3v) is 6.49. The molecule has 5 nitrogen and oxygen atoms in total. The third kappa shape index (κ3) is 4.00. The molecule has 1 aliphatic heterocycles. The number of rotatable bonds is 4. The smallest absolute Gasteiger partial charge is 0.266 e. The quantitative estimate of drug-likeness (QED) is 0.338. The van der Waals surface area contributed by atoms with Crippen molar-refractivity contribution in [2.24, 2.45) is 5.10 Å². The van der Waals surface area contributed by atoms with Crippen molar-refractivity contribution in [1.29, 1.82) is 0 Å². The summed E-state index contributed by atoms with van der Waals surface area (Å²) in [7, 11) is 0. The molecular weight excluding hydrogens is 456 g/mol. The van der Waals surface area contributed by atoms with E-state index in [0.717, 1.165) is 16.8 Å². The Bertz CT molecular complexity index is 1630. The van der Waals surface area contributed by atoms with E-state index in [4.69, 9.17) is 16.6 Å². The minimum Gasteiger partial charge on any atom is -0.299 e. The lowest BCUT2D eigenvalue weighted by Gasteiger charge is -2.18. The van der Waals surface area contributed by atoms with Gasteiger partial charge in [0.15, 0.2) is 0 Å². The zero-order valence-corrected chi connectivity index (χ0v) is 19.5. The van der Waals surface area contributed by atoms with E-state index in [1.54, 1.807) is 22.8 Å². The van der Waals surface area contributed by atoms with Gasteiger partial charge in [-0.2, -0.15) is 5.10 Å². The second-order valence-electron chi connectivity index (χ2n) is 8.50. The standard InChI is InChI=1S/C29H21ClN4O/c30-22-9-6-10-23(17-22)34-28(31-25-12-5-4-11-24(25)29(34)35)27-18-26(32-33-27)21-15-13-20(14-16-21)19-7-2-1-3-8-19/h1-17,27,33H,18H2. The highest BCUT2D eigenvalue weighted by molar-refractivity contribution is 6.30. The second-order valence-corrected chi connectivity index (χ2v) is 8.93. The Kier molecular flexibility index (Phi) is 5.39. The first kappa shape index (κ1) is 21.3. The Morgan fingerprint density at radius 3 is 2.31 bits per heavy atom. The van der Waals surface area contributed by atoms with Crippen LogP contribution < -0.4 is 11.0 Å². The molecule has 6 heteroatoms. The van der Waals surface area contributed by atoms with Crippen molar-refractivity contribution in [3.8, 4) is 16.8 Å². The van der Waals surface area contributed by atoms with Gasteiger partial charge in [-0.25, -0.2) is 4.98 Å². The molecular formula is C29H21ClN4O. The van der Waals surface area contributed by atoms with Crippen LogP contribution in [0.2, 0.25) is 5.02 Å². The lowest BCUT2D eigenvalue weighted by molar-refractivity contribution is 0.565. The maximum Gasteiger partial charge on any atom is 0.266 e. The van der Waals surface area contributed by atoms with Gasteiger partial charge in [-0.05, 0) is 47.0 Å². The van der Waals surface area contributed by atoms with Crippen LogP contribution in [-0.4, -0.2) is 15.3 Å². The minimum absolute atomic E-state index is 0.129. The molecule has 1 unspecified atom stereocenters. The Morgan fingerprint density at radius 2 is 1.51 bits per heavy atom. The van der Waals surface area contributed by atoms with Gasteiger partial charge in [-0.15, -0.1) is 0 Å². The molecule has 0 amide bonds. The molecule has 5 aromatic rings. The van der Waals surface area contributed by atoms with Crippen molar-refractivity contribution in [2.45, 2.75) is 12.5 Å². The van der Waals surface area contributed by atoms with Crippen molar-refractivity contribution in [3.63, 3.8) is 0 Å². The maximum atomic E-state index is 13.6. The summed E-state index contributed by atoms with van der Waals surface area (Å²) >= 11 is 6.26. The van der Waals surface area contributed by atoms with E-state index in [-0.39, 0.29) is 11.6 Å². The average Bonchev–Trinajstić information content (AvgIpc) is 3.40. The lowest BCUT2D eigenvalue weighted by Crippen LogP contribution is -2.28. The van der Waals surface area contributed by atoms with Crippen LogP contribution in [0.4, 0.5) is 0 Å². The summed E-state index contributed by atoms with van der Waals surface area (Å²) in [6.07, 6.45) is 0.607. The normalized spacial score (nSPS) is 15.1. The summed E-state index contributed by atoms with van der Waals surface area (Å²) < 4.78 is 1.64. The van der Waals surface area contributed by atoms with Gasteiger partial charge in [0.05, 0.1) is 22.3 Å². The molecule has 1 N–H and O–H groups in total. The molecule has 0 spiro atoms. The summed E-state index contributed by atoms with van der Waals surface area (Å²) in [5.74, 6) is 0.607. The van der Waals surface area contributed by atoms with Crippen molar-refractivity contribution in [2.75, 3.05) is 0 Å². The van der Waals surface area contributed by atoms with Gasteiger partial charge < -0.3 is 0 Å². The number of hydrogen-bond acceptors (Lipinski definition) is 4. The fourth-order valence-corrected chi connectivity index (χ4v) is 4.69. The number of halogens is 1. The summed E-state index contributed by atoms with van der Waals surface area (Å²) in [4.78, 5) is 18.4. The Balaban J connectivity index is 1.37.